The van der Waals surface area contributed by atoms with E-state index in [4.69, 9.17) is 0 Å². The maximum atomic E-state index is 12.1. The van der Waals surface area contributed by atoms with E-state index in [1.807, 2.05) is 1.33 Å². The smallest absolute Gasteiger partial charge is 0.404 e. The lowest BCUT2D eigenvalue weighted by Gasteiger charge is -2.14. The summed E-state index contributed by atoms with van der Waals surface area (Å²) in [5.74, 6) is -0.214. The van der Waals surface area contributed by atoms with Gasteiger partial charge in [-0.15, -0.1) is 13.2 Å². The maximum Gasteiger partial charge on any atom is 0.573 e. The van der Waals surface area contributed by atoms with Crippen LogP contribution in [0, 0.1) is 0 Å². The molecule has 0 radical (unpaired) electrons. The van der Waals surface area contributed by atoms with E-state index in [-0.39, 0.29) is 5.75 Å². The number of anilines is 1. The minimum Gasteiger partial charge on any atom is -0.404 e. The zero-order chi connectivity index (χ0) is 12.9. The minimum atomic E-state index is -4.67. The van der Waals surface area contributed by atoms with Crippen molar-refractivity contribution in [1.82, 2.24) is 1.33 Å². The molecule has 3 nitrogen and oxygen atoms in total. The van der Waals surface area contributed by atoms with E-state index in [1.54, 1.807) is 12.1 Å². The lowest BCUT2D eigenvalue weighted by Crippen LogP contribution is -2.19. The van der Waals surface area contributed by atoms with Gasteiger partial charge in [0.25, 0.3) is 0 Å². The largest absolute Gasteiger partial charge is 0.573 e. The van der Waals surface area contributed by atoms with Gasteiger partial charge in [-0.05, 0) is 12.1 Å². The number of hydrogen-bond donors (Lipinski definition) is 1. The van der Waals surface area contributed by atoms with E-state index in [0.29, 0.717) is 18.8 Å². The second-order valence-corrected chi connectivity index (χ2v) is 7.17. The molecule has 1 aromatic carbocycles. The molecule has 0 saturated carbocycles. The van der Waals surface area contributed by atoms with E-state index >= 15 is 0 Å². The number of nitrogens with one attached hydrogen (secondary N) is 1. The molecule has 0 amide bonds. The van der Waals surface area contributed by atoms with Crippen LogP contribution >= 0.6 is 45.7 Å². The van der Waals surface area contributed by atoms with Crippen LogP contribution in [0.3, 0.4) is 0 Å². The number of nitrogens with zero attached hydrogens (tertiary/aromatic N) is 1. The van der Waals surface area contributed by atoms with Gasteiger partial charge in [-0.2, -0.15) is 1.33 Å². The lowest BCUT2D eigenvalue weighted by molar-refractivity contribution is -0.274. The van der Waals surface area contributed by atoms with Crippen LogP contribution in [0.5, 0.6) is 5.75 Å². The second-order valence-electron chi connectivity index (χ2n) is 3.00. The fraction of sp³-hybridized carbons (Fsp3) is 0.333. The van der Waals surface area contributed by atoms with Crippen LogP contribution in [0.25, 0.3) is 0 Å². The molecular formula is C9H9F3I2N2O. The molecule has 0 spiro atoms. The highest BCUT2D eigenvalue weighted by Gasteiger charge is 2.31. The predicted octanol–water partition coefficient (Wildman–Crippen LogP) is 4.00. The quantitative estimate of drug-likeness (QED) is 0.519. The highest BCUT2D eigenvalue weighted by Crippen LogP contribution is 2.29. The van der Waals surface area contributed by atoms with Gasteiger partial charge < -0.3 is 10.1 Å². The zero-order valence-corrected chi connectivity index (χ0v) is 12.8. The van der Waals surface area contributed by atoms with E-state index in [2.05, 4.69) is 55.8 Å². The van der Waals surface area contributed by atoms with Gasteiger partial charge >= 0.3 is 6.36 Å². The van der Waals surface area contributed by atoms with Crippen molar-refractivity contribution >= 4 is 51.4 Å². The van der Waals surface area contributed by atoms with Gasteiger partial charge in [-0.3, -0.25) is 0 Å². The van der Waals surface area contributed by atoms with Crippen molar-refractivity contribution < 1.29 is 17.9 Å². The Hall–Kier alpha value is 0.0300. The molecular weight excluding hydrogens is 463 g/mol. The Morgan fingerprint density at radius 3 is 2.47 bits per heavy atom. The Labute approximate surface area is 125 Å². The Kier molecular flexibility index (Phi) is 6.06. The molecule has 0 saturated heterocycles. The molecule has 0 bridgehead atoms. The molecule has 1 rings (SSSR count). The van der Waals surface area contributed by atoms with Gasteiger partial charge in [0, 0.05) is 58.8 Å². The van der Waals surface area contributed by atoms with Gasteiger partial charge in [0.1, 0.15) is 0 Å². The molecule has 0 atom stereocenters. The first-order chi connectivity index (χ1) is 7.88. The van der Waals surface area contributed by atoms with Crippen LogP contribution < -0.4 is 10.1 Å². The number of ether oxygens (including phenoxy) is 1. The van der Waals surface area contributed by atoms with E-state index < -0.39 is 6.36 Å². The molecule has 0 heterocycles. The Morgan fingerprint density at radius 2 is 1.88 bits per heavy atom. The average molecular weight is 472 g/mol. The van der Waals surface area contributed by atoms with Crippen molar-refractivity contribution in [3.05, 3.63) is 24.3 Å². The first kappa shape index (κ1) is 15.1. The van der Waals surface area contributed by atoms with Gasteiger partial charge in [0.15, 0.2) is 5.75 Å². The van der Waals surface area contributed by atoms with E-state index in [0.717, 1.165) is 0 Å². The van der Waals surface area contributed by atoms with Crippen LogP contribution in [0.2, 0.25) is 0 Å². The van der Waals surface area contributed by atoms with Gasteiger partial charge in [-0.1, -0.05) is 12.1 Å². The monoisotopic (exact) mass is 472 g/mol. The molecule has 0 aliphatic heterocycles. The number of halogens is 5. The maximum absolute atomic E-state index is 12.1. The normalized spacial score (nSPS) is 11.6. The summed E-state index contributed by atoms with van der Waals surface area (Å²) in [7, 11) is 0. The number of benzene rings is 1. The summed E-state index contributed by atoms with van der Waals surface area (Å²) >= 11 is 4.17. The van der Waals surface area contributed by atoms with E-state index in [9.17, 15) is 13.2 Å². The summed E-state index contributed by atoms with van der Waals surface area (Å²) < 4.78 is 42.1. The summed E-state index contributed by atoms with van der Waals surface area (Å²) in [6.07, 6.45) is -4.67. The second kappa shape index (κ2) is 6.83. The van der Waals surface area contributed by atoms with Crippen molar-refractivity contribution in [2.24, 2.45) is 0 Å². The molecule has 1 N–H and O–H groups in total. The fourth-order valence-corrected chi connectivity index (χ4v) is 1.58. The summed E-state index contributed by atoms with van der Waals surface area (Å²) in [5.41, 5.74) is 0.333. The third-order valence-corrected chi connectivity index (χ3v) is 2.67. The van der Waals surface area contributed by atoms with Gasteiger partial charge in [0.2, 0.25) is 0 Å². The molecule has 8 heteroatoms. The molecule has 0 aromatic heterocycles. The Balaban J connectivity index is 2.64. The first-order valence-corrected chi connectivity index (χ1v) is 6.49. The van der Waals surface area contributed by atoms with Crippen molar-refractivity contribution in [2.45, 2.75) is 6.36 Å². The predicted molar refractivity (Wildman–Crippen MR) is 76.4 cm³/mol. The Morgan fingerprint density at radius 1 is 1.24 bits per heavy atom. The number of rotatable bonds is 5. The highest BCUT2D eigenvalue weighted by atomic mass is 127. The third-order valence-electron chi connectivity index (χ3n) is 1.71. The van der Waals surface area contributed by atoms with Gasteiger partial charge in [0.05, 0.1) is 5.69 Å². The molecule has 0 fully saturated rings. The lowest BCUT2D eigenvalue weighted by atomic mass is 10.3. The van der Waals surface area contributed by atoms with Crippen molar-refractivity contribution in [3.63, 3.8) is 0 Å². The molecule has 0 unspecified atom stereocenters. The molecule has 1 aromatic rings. The number of para-hydroxylation sites is 2. The van der Waals surface area contributed by atoms with Crippen LogP contribution in [0.1, 0.15) is 0 Å². The molecule has 0 aliphatic rings. The minimum absolute atomic E-state index is 0.214. The van der Waals surface area contributed by atoms with Crippen molar-refractivity contribution in [1.29, 1.82) is 0 Å². The number of hydrogen-bond acceptors (Lipinski definition) is 3. The average Bonchev–Trinajstić information content (AvgIpc) is 2.17. The summed E-state index contributed by atoms with van der Waals surface area (Å²) in [6, 6.07) is 5.97. The Bertz CT molecular complexity index is 360. The van der Waals surface area contributed by atoms with Crippen LogP contribution in [-0.4, -0.2) is 20.8 Å². The SMILES string of the molecule is FC(F)(F)Oc1ccccc1NCCN(I)I. The first-order valence-electron chi connectivity index (χ1n) is 4.56. The molecule has 17 heavy (non-hydrogen) atoms. The van der Waals surface area contributed by atoms with E-state index in [1.165, 1.54) is 12.1 Å². The van der Waals surface area contributed by atoms with Crippen LogP contribution in [0.15, 0.2) is 24.3 Å². The van der Waals surface area contributed by atoms with Crippen molar-refractivity contribution in [2.75, 3.05) is 18.4 Å². The molecule has 96 valence electrons. The molecule has 0 aliphatic carbocycles. The summed E-state index contributed by atoms with van der Waals surface area (Å²) in [6.45, 7) is 1.23. The number of alkyl halides is 3. The highest BCUT2D eigenvalue weighted by molar-refractivity contribution is 14.2. The topological polar surface area (TPSA) is 24.5 Å². The summed E-state index contributed by atoms with van der Waals surface area (Å²) in [5, 5.41) is 2.89. The third kappa shape index (κ3) is 6.50. The van der Waals surface area contributed by atoms with Crippen LogP contribution in [0.4, 0.5) is 18.9 Å². The standard InChI is InChI=1S/C9H9F3I2N2O/c10-9(11,12)17-8-4-2-1-3-7(8)15-5-6-16(13)14/h1-4,15H,5-6H2. The summed E-state index contributed by atoms with van der Waals surface area (Å²) in [4.78, 5) is 0. The van der Waals surface area contributed by atoms with Crippen molar-refractivity contribution in [3.8, 4) is 5.75 Å². The fourth-order valence-electron chi connectivity index (χ4n) is 1.10. The van der Waals surface area contributed by atoms with Crippen LogP contribution in [-0.2, 0) is 0 Å². The van der Waals surface area contributed by atoms with Gasteiger partial charge in [-0.25, -0.2) is 0 Å². The zero-order valence-electron chi connectivity index (χ0n) is 8.47.